The Morgan fingerprint density at radius 1 is 1.00 bits per heavy atom. The van der Waals surface area contributed by atoms with E-state index < -0.39 is 11.4 Å². The van der Waals surface area contributed by atoms with Gasteiger partial charge in [0, 0.05) is 24.1 Å². The number of carbonyl (C=O) groups is 1. The minimum absolute atomic E-state index is 0.0249. The van der Waals surface area contributed by atoms with Crippen LogP contribution in [-0.4, -0.2) is 23.7 Å². The summed E-state index contributed by atoms with van der Waals surface area (Å²) in [5, 5.41) is 16.0. The fraction of sp³-hybridized carbons (Fsp3) is 0.303. The first-order valence-corrected chi connectivity index (χ1v) is 13.2. The Morgan fingerprint density at radius 3 is 2.46 bits per heavy atom. The van der Waals surface area contributed by atoms with Gasteiger partial charge in [-0.15, -0.1) is 0 Å². The molecule has 0 amide bonds. The van der Waals surface area contributed by atoms with Crippen LogP contribution in [0.5, 0.6) is 5.75 Å². The number of hydrogen-bond donors (Lipinski definition) is 2. The number of fused-ring (bicyclic) bond motifs is 2. The average Bonchev–Trinajstić information content (AvgIpc) is 2.94. The van der Waals surface area contributed by atoms with Gasteiger partial charge < -0.3 is 15.2 Å². The molecule has 4 aromatic carbocycles. The molecule has 0 aromatic heterocycles. The number of aliphatic carboxylic acids is 1. The number of hydrogen-bond acceptors (Lipinski definition) is 3. The molecule has 0 saturated carbocycles. The summed E-state index contributed by atoms with van der Waals surface area (Å²) < 4.78 is 6.44. The molecule has 190 valence electrons. The molecule has 1 heterocycles. The summed E-state index contributed by atoms with van der Waals surface area (Å²) in [5.41, 5.74) is 3.63. The largest absolute Gasteiger partial charge is 0.489 e. The van der Waals surface area contributed by atoms with Gasteiger partial charge in [-0.25, -0.2) is 0 Å². The van der Waals surface area contributed by atoms with Crippen LogP contribution in [0, 0.1) is 0 Å². The van der Waals surface area contributed by atoms with Gasteiger partial charge in [-0.05, 0) is 60.2 Å². The highest BCUT2D eigenvalue weighted by Gasteiger charge is 2.34. The highest BCUT2D eigenvalue weighted by atomic mass is 16.5. The topological polar surface area (TPSA) is 58.6 Å². The number of carboxylic acids is 1. The van der Waals surface area contributed by atoms with Gasteiger partial charge in [-0.2, -0.15) is 0 Å². The van der Waals surface area contributed by atoms with E-state index in [-0.39, 0.29) is 18.1 Å². The first kappa shape index (κ1) is 25.0. The van der Waals surface area contributed by atoms with Gasteiger partial charge in [0.2, 0.25) is 0 Å². The van der Waals surface area contributed by atoms with E-state index in [0.29, 0.717) is 6.42 Å². The molecule has 0 spiro atoms. The van der Waals surface area contributed by atoms with E-state index in [1.54, 1.807) is 6.92 Å². The highest BCUT2D eigenvalue weighted by Crippen LogP contribution is 2.41. The lowest BCUT2D eigenvalue weighted by Crippen LogP contribution is -2.37. The van der Waals surface area contributed by atoms with Gasteiger partial charge in [0.1, 0.15) is 11.9 Å². The monoisotopic (exact) mass is 493 g/mol. The fourth-order valence-electron chi connectivity index (χ4n) is 5.54. The summed E-state index contributed by atoms with van der Waals surface area (Å²) in [5.74, 6) is 0.332. The van der Waals surface area contributed by atoms with Crippen molar-refractivity contribution in [3.8, 4) is 5.75 Å². The van der Waals surface area contributed by atoms with Crippen molar-refractivity contribution in [2.24, 2.45) is 0 Å². The maximum Gasteiger partial charge on any atom is 0.313 e. The molecule has 0 saturated heterocycles. The van der Waals surface area contributed by atoms with Crippen molar-refractivity contribution in [2.75, 3.05) is 6.54 Å². The number of carboxylic acid groups (broad SMARTS) is 1. The predicted octanol–water partition coefficient (Wildman–Crippen LogP) is 7.23. The quantitative estimate of drug-likeness (QED) is 0.272. The third-order valence-corrected chi connectivity index (χ3v) is 8.16. The van der Waals surface area contributed by atoms with E-state index in [1.165, 1.54) is 27.5 Å². The molecule has 1 unspecified atom stereocenters. The molecule has 4 atom stereocenters. The van der Waals surface area contributed by atoms with Crippen LogP contribution in [-0.2, 0) is 10.2 Å². The lowest BCUT2D eigenvalue weighted by Gasteiger charge is -2.34. The van der Waals surface area contributed by atoms with Crippen molar-refractivity contribution < 1.29 is 14.6 Å². The molecule has 4 heteroatoms. The molecule has 1 aliphatic rings. The number of para-hydroxylation sites is 1. The van der Waals surface area contributed by atoms with E-state index in [2.05, 4.69) is 85.0 Å². The van der Waals surface area contributed by atoms with Crippen LogP contribution < -0.4 is 10.1 Å². The summed E-state index contributed by atoms with van der Waals surface area (Å²) in [6, 6.07) is 31.6. The lowest BCUT2D eigenvalue weighted by molar-refractivity contribution is -0.143. The summed E-state index contributed by atoms with van der Waals surface area (Å²) in [6.07, 6.45) is 1.43. The van der Waals surface area contributed by atoms with Gasteiger partial charge >= 0.3 is 5.97 Å². The van der Waals surface area contributed by atoms with Crippen molar-refractivity contribution >= 4 is 16.7 Å². The first-order chi connectivity index (χ1) is 17.9. The van der Waals surface area contributed by atoms with Crippen LogP contribution in [0.15, 0.2) is 91.0 Å². The minimum atomic E-state index is -0.879. The van der Waals surface area contributed by atoms with Gasteiger partial charge in [0.25, 0.3) is 0 Å². The van der Waals surface area contributed by atoms with Crippen LogP contribution in [0.1, 0.15) is 67.8 Å². The summed E-state index contributed by atoms with van der Waals surface area (Å²) in [7, 11) is 0. The zero-order chi connectivity index (χ0) is 26.0. The van der Waals surface area contributed by atoms with Crippen LogP contribution in [0.3, 0.4) is 0 Å². The van der Waals surface area contributed by atoms with E-state index in [9.17, 15) is 9.90 Å². The van der Waals surface area contributed by atoms with Gasteiger partial charge in [-0.1, -0.05) is 91.9 Å². The van der Waals surface area contributed by atoms with E-state index in [1.807, 2.05) is 25.1 Å². The molecule has 37 heavy (non-hydrogen) atoms. The van der Waals surface area contributed by atoms with Crippen LogP contribution in [0.25, 0.3) is 10.8 Å². The predicted molar refractivity (Wildman–Crippen MR) is 149 cm³/mol. The maximum absolute atomic E-state index is 11.9. The molecule has 5 rings (SSSR count). The van der Waals surface area contributed by atoms with Crippen molar-refractivity contribution in [1.82, 2.24) is 5.32 Å². The Bertz CT molecular complexity index is 1390. The van der Waals surface area contributed by atoms with Crippen LogP contribution in [0.4, 0.5) is 0 Å². The second kappa shape index (κ2) is 10.4. The molecule has 4 aromatic rings. The number of benzene rings is 4. The number of ether oxygens (including phenoxy) is 1. The van der Waals surface area contributed by atoms with Crippen molar-refractivity contribution in [3.63, 3.8) is 0 Å². The van der Waals surface area contributed by atoms with Crippen LogP contribution in [0.2, 0.25) is 0 Å². The number of rotatable bonds is 8. The Morgan fingerprint density at radius 2 is 1.70 bits per heavy atom. The molecular formula is C33H35NO3. The number of nitrogens with one attached hydrogen (secondary N) is 1. The minimum Gasteiger partial charge on any atom is -0.489 e. The Kier molecular flexibility index (Phi) is 7.03. The maximum atomic E-state index is 11.9. The molecule has 1 aliphatic heterocycles. The van der Waals surface area contributed by atoms with E-state index >= 15 is 0 Å². The standard InChI is InChI=1S/C33H35NO3/c1-4-33(3,32(35)36)25-18-16-24(17-19-25)30-20-26(37-31-15-8-7-13-29(30)31)21-34-22(2)27-14-9-11-23-10-5-6-12-28(23)27/h5-19,22,26,30,34H,4,20-21H2,1-3H3,(H,35,36)/t22-,26-,30-,33?/m1/s1. The molecular weight excluding hydrogens is 458 g/mol. The molecule has 0 aliphatic carbocycles. The zero-order valence-electron chi connectivity index (χ0n) is 21.8. The summed E-state index contributed by atoms with van der Waals surface area (Å²) in [6.45, 7) is 6.67. The Balaban J connectivity index is 1.36. The van der Waals surface area contributed by atoms with E-state index in [0.717, 1.165) is 24.3 Å². The van der Waals surface area contributed by atoms with E-state index in [4.69, 9.17) is 4.74 Å². The highest BCUT2D eigenvalue weighted by molar-refractivity contribution is 5.86. The average molecular weight is 494 g/mol. The molecule has 0 fully saturated rings. The Labute approximate surface area is 219 Å². The molecule has 2 N–H and O–H groups in total. The van der Waals surface area contributed by atoms with Gasteiger partial charge in [-0.3, -0.25) is 4.79 Å². The third kappa shape index (κ3) is 4.86. The zero-order valence-corrected chi connectivity index (χ0v) is 21.8. The Hall–Kier alpha value is -3.63. The molecule has 0 bridgehead atoms. The fourth-order valence-corrected chi connectivity index (χ4v) is 5.54. The van der Waals surface area contributed by atoms with Crippen molar-refractivity contribution in [3.05, 3.63) is 113 Å². The first-order valence-electron chi connectivity index (χ1n) is 13.2. The van der Waals surface area contributed by atoms with Gasteiger partial charge in [0.15, 0.2) is 0 Å². The second-order valence-electron chi connectivity index (χ2n) is 10.4. The summed E-state index contributed by atoms with van der Waals surface area (Å²) in [4.78, 5) is 11.9. The van der Waals surface area contributed by atoms with Crippen LogP contribution >= 0.6 is 0 Å². The van der Waals surface area contributed by atoms with Gasteiger partial charge in [0.05, 0.1) is 5.41 Å². The second-order valence-corrected chi connectivity index (χ2v) is 10.4. The normalized spacial score (nSPS) is 19.4. The summed E-state index contributed by atoms with van der Waals surface area (Å²) >= 11 is 0. The molecule has 4 nitrogen and oxygen atoms in total. The van der Waals surface area contributed by atoms with Crippen molar-refractivity contribution in [1.29, 1.82) is 0 Å². The third-order valence-electron chi connectivity index (χ3n) is 8.16. The smallest absolute Gasteiger partial charge is 0.313 e. The van der Waals surface area contributed by atoms with Crippen molar-refractivity contribution in [2.45, 2.75) is 57.1 Å². The SMILES string of the molecule is CCC(C)(C(=O)O)c1ccc([C@H]2C[C@H](CN[C@H](C)c3cccc4ccccc34)Oc3ccccc32)cc1. The lowest BCUT2D eigenvalue weighted by atomic mass is 9.78. The molecule has 0 radical (unpaired) electrons.